The van der Waals surface area contributed by atoms with Crippen molar-refractivity contribution in [2.75, 3.05) is 18.7 Å². The molecule has 1 heterocycles. The maximum atomic E-state index is 14.4. The van der Waals surface area contributed by atoms with Gasteiger partial charge in [0.05, 0.1) is 24.1 Å². The first kappa shape index (κ1) is 22.5. The molecule has 4 nitrogen and oxygen atoms in total. The summed E-state index contributed by atoms with van der Waals surface area (Å²) in [5.74, 6) is 2.18. The fourth-order valence-corrected chi connectivity index (χ4v) is 6.70. The lowest BCUT2D eigenvalue weighted by Gasteiger charge is -2.42. The van der Waals surface area contributed by atoms with Crippen LogP contribution in [0.15, 0.2) is 58.5 Å². The number of hydrogen-bond acceptors (Lipinski definition) is 4. The Balaban J connectivity index is 1.76. The van der Waals surface area contributed by atoms with Crippen molar-refractivity contribution < 1.29 is 4.74 Å². The topological polar surface area (TPSA) is 44.1 Å². The van der Waals surface area contributed by atoms with Gasteiger partial charge in [0.2, 0.25) is 0 Å². The summed E-state index contributed by atoms with van der Waals surface area (Å²) >= 11 is 7.56. The molecule has 1 fully saturated rings. The Bertz CT molecular complexity index is 1200. The summed E-state index contributed by atoms with van der Waals surface area (Å²) in [5.41, 5.74) is 5.02. The first-order chi connectivity index (χ1) is 16.2. The molecule has 1 aromatic heterocycles. The van der Waals surface area contributed by atoms with E-state index >= 15 is 0 Å². The smallest absolute Gasteiger partial charge is 0.263 e. The zero-order chi connectivity index (χ0) is 22.8. The maximum absolute atomic E-state index is 14.4. The molecule has 2 aliphatic carbocycles. The highest BCUT2D eigenvalue weighted by molar-refractivity contribution is 7.99. The van der Waals surface area contributed by atoms with Crippen LogP contribution in [0.4, 0.5) is 0 Å². The predicted molar refractivity (Wildman–Crippen MR) is 136 cm³/mol. The van der Waals surface area contributed by atoms with E-state index in [1.807, 2.05) is 28.8 Å². The first-order valence-electron chi connectivity index (χ1n) is 11.8. The van der Waals surface area contributed by atoms with Gasteiger partial charge in [-0.1, -0.05) is 55.3 Å². The Morgan fingerprint density at radius 2 is 1.85 bits per heavy atom. The minimum Gasteiger partial charge on any atom is -0.497 e. The molecule has 1 saturated carbocycles. The van der Waals surface area contributed by atoms with E-state index in [0.29, 0.717) is 5.88 Å². The number of methoxy groups -OCH3 is 1. The third-order valence-corrected chi connectivity index (χ3v) is 8.33. The average Bonchev–Trinajstić information content (AvgIpc) is 2.85. The number of halogens is 1. The Morgan fingerprint density at radius 1 is 1.09 bits per heavy atom. The minimum atomic E-state index is -0.125. The molecule has 33 heavy (non-hydrogen) atoms. The Morgan fingerprint density at radius 3 is 2.58 bits per heavy atom. The van der Waals surface area contributed by atoms with Crippen LogP contribution < -0.4 is 10.3 Å². The zero-order valence-electron chi connectivity index (χ0n) is 19.0. The number of thioether (sulfide) groups is 1. The fraction of sp³-hybridized carbons (Fsp3) is 0.407. The summed E-state index contributed by atoms with van der Waals surface area (Å²) in [6.45, 7) is 0. The standard InChI is InChI=1S/C27H29ClN2O2S/c1-32-21-12-10-20(11-13-21)30-25(31)23-24(29-26(30)33-17-7-16-28)22-9-4-3-8-19(22)18-27(23)14-5-2-6-15-27/h3-4,8-13H,2,5-7,14-18H2,1H3. The molecule has 3 aromatic rings. The highest BCUT2D eigenvalue weighted by Crippen LogP contribution is 2.49. The van der Waals surface area contributed by atoms with Crippen LogP contribution in [-0.4, -0.2) is 28.3 Å². The Kier molecular flexibility index (Phi) is 6.53. The van der Waals surface area contributed by atoms with Crippen LogP contribution in [-0.2, 0) is 11.8 Å². The number of rotatable bonds is 6. The van der Waals surface area contributed by atoms with Gasteiger partial charge in [-0.05, 0) is 55.5 Å². The summed E-state index contributed by atoms with van der Waals surface area (Å²) in [7, 11) is 1.65. The molecular weight excluding hydrogens is 452 g/mol. The normalized spacial score (nSPS) is 16.3. The molecule has 0 N–H and O–H groups in total. The van der Waals surface area contributed by atoms with Crippen molar-refractivity contribution in [3.05, 3.63) is 70.0 Å². The maximum Gasteiger partial charge on any atom is 0.263 e. The predicted octanol–water partition coefficient (Wildman–Crippen LogP) is 6.39. The van der Waals surface area contributed by atoms with Crippen molar-refractivity contribution in [1.82, 2.24) is 9.55 Å². The van der Waals surface area contributed by atoms with Crippen LogP contribution >= 0.6 is 23.4 Å². The second-order valence-corrected chi connectivity index (χ2v) is 10.5. The molecule has 5 rings (SSSR count). The van der Waals surface area contributed by atoms with Crippen molar-refractivity contribution >= 4 is 23.4 Å². The van der Waals surface area contributed by atoms with Gasteiger partial charge in [-0.2, -0.15) is 0 Å². The van der Waals surface area contributed by atoms with Crippen LogP contribution in [0, 0.1) is 0 Å². The van der Waals surface area contributed by atoms with Crippen LogP contribution in [0.1, 0.15) is 49.7 Å². The molecule has 2 aromatic carbocycles. The quantitative estimate of drug-likeness (QED) is 0.177. The van der Waals surface area contributed by atoms with Crippen molar-refractivity contribution in [3.8, 4) is 22.7 Å². The minimum absolute atomic E-state index is 0.0787. The molecule has 2 aliphatic rings. The number of aromatic nitrogens is 2. The molecule has 0 aliphatic heterocycles. The molecule has 6 heteroatoms. The monoisotopic (exact) mass is 480 g/mol. The summed E-state index contributed by atoms with van der Waals surface area (Å²) in [4.78, 5) is 19.6. The van der Waals surface area contributed by atoms with Gasteiger partial charge < -0.3 is 4.74 Å². The molecule has 0 unspecified atom stereocenters. The Labute approximate surface area is 204 Å². The molecular formula is C27H29ClN2O2S. The van der Waals surface area contributed by atoms with Crippen molar-refractivity contribution in [2.24, 2.45) is 0 Å². The van der Waals surface area contributed by atoms with Gasteiger partial charge in [-0.25, -0.2) is 4.98 Å². The van der Waals surface area contributed by atoms with Crippen LogP contribution in [0.2, 0.25) is 0 Å². The summed E-state index contributed by atoms with van der Waals surface area (Å²) < 4.78 is 7.16. The third kappa shape index (κ3) is 4.10. The largest absolute Gasteiger partial charge is 0.497 e. The van der Waals surface area contributed by atoms with E-state index in [2.05, 4.69) is 24.3 Å². The number of benzene rings is 2. The lowest BCUT2D eigenvalue weighted by atomic mass is 9.62. The van der Waals surface area contributed by atoms with E-state index in [0.717, 1.165) is 77.7 Å². The molecule has 0 bridgehead atoms. The van der Waals surface area contributed by atoms with Crippen LogP contribution in [0.3, 0.4) is 0 Å². The number of fused-ring (bicyclic) bond motifs is 4. The average molecular weight is 481 g/mol. The van der Waals surface area contributed by atoms with Gasteiger partial charge in [-0.3, -0.25) is 9.36 Å². The van der Waals surface area contributed by atoms with E-state index in [9.17, 15) is 4.79 Å². The molecule has 0 amide bonds. The first-order valence-corrected chi connectivity index (χ1v) is 13.3. The highest BCUT2D eigenvalue weighted by atomic mass is 35.5. The summed E-state index contributed by atoms with van der Waals surface area (Å²) in [6, 6.07) is 16.2. The number of nitrogens with zero attached hydrogens (tertiary/aromatic N) is 2. The van der Waals surface area contributed by atoms with Gasteiger partial charge in [-0.15, -0.1) is 11.6 Å². The van der Waals surface area contributed by atoms with Gasteiger partial charge in [0, 0.05) is 22.6 Å². The molecule has 172 valence electrons. The SMILES string of the molecule is COc1ccc(-n2c(SCCCCl)nc3c(c2=O)C2(CCCCC2)Cc2ccccc2-3)cc1. The van der Waals surface area contributed by atoms with E-state index in [4.69, 9.17) is 21.3 Å². The molecule has 0 saturated heterocycles. The Hall–Kier alpha value is -2.24. The van der Waals surface area contributed by atoms with E-state index in [1.165, 1.54) is 12.0 Å². The molecule has 0 atom stereocenters. The van der Waals surface area contributed by atoms with Crippen molar-refractivity contribution in [1.29, 1.82) is 0 Å². The van der Waals surface area contributed by atoms with Gasteiger partial charge in [0.25, 0.3) is 5.56 Å². The third-order valence-electron chi connectivity index (χ3n) is 7.03. The fourth-order valence-electron chi connectivity index (χ4n) is 5.46. The van der Waals surface area contributed by atoms with Gasteiger partial charge in [0.1, 0.15) is 5.75 Å². The van der Waals surface area contributed by atoms with Crippen LogP contribution in [0.5, 0.6) is 5.75 Å². The number of ether oxygens (including phenoxy) is 1. The molecule has 1 spiro atoms. The van der Waals surface area contributed by atoms with Crippen LogP contribution in [0.25, 0.3) is 16.9 Å². The number of alkyl halides is 1. The second kappa shape index (κ2) is 9.55. The lowest BCUT2D eigenvalue weighted by molar-refractivity contribution is 0.283. The van der Waals surface area contributed by atoms with E-state index in [-0.39, 0.29) is 11.0 Å². The summed E-state index contributed by atoms with van der Waals surface area (Å²) in [5, 5.41) is 0.733. The highest BCUT2D eigenvalue weighted by Gasteiger charge is 2.43. The summed E-state index contributed by atoms with van der Waals surface area (Å²) in [6.07, 6.45) is 7.45. The number of hydrogen-bond donors (Lipinski definition) is 0. The zero-order valence-corrected chi connectivity index (χ0v) is 20.6. The van der Waals surface area contributed by atoms with Crippen molar-refractivity contribution in [3.63, 3.8) is 0 Å². The lowest BCUT2D eigenvalue weighted by Crippen LogP contribution is -2.42. The van der Waals surface area contributed by atoms with Crippen molar-refractivity contribution in [2.45, 2.75) is 55.5 Å². The van der Waals surface area contributed by atoms with Gasteiger partial charge in [0.15, 0.2) is 5.16 Å². The molecule has 0 radical (unpaired) electrons. The van der Waals surface area contributed by atoms with E-state index < -0.39 is 0 Å². The second-order valence-electron chi connectivity index (χ2n) is 9.02. The van der Waals surface area contributed by atoms with Gasteiger partial charge >= 0.3 is 0 Å². The van der Waals surface area contributed by atoms with E-state index in [1.54, 1.807) is 18.9 Å².